The number of ether oxygens (including phenoxy) is 1. The van der Waals surface area contributed by atoms with Gasteiger partial charge in [0, 0.05) is 0 Å². The van der Waals surface area contributed by atoms with Crippen LogP contribution in [-0.2, 0) is 0 Å². The maximum absolute atomic E-state index is 5.10. The molecule has 0 aliphatic heterocycles. The average Bonchev–Trinajstić information content (AvgIpc) is 2.85. The van der Waals surface area contributed by atoms with Gasteiger partial charge in [-0.3, -0.25) is 0 Å². The topological polar surface area (TPSA) is 52.3 Å². The Labute approximate surface area is 110 Å². The second kappa shape index (κ2) is 6.20. The molecule has 0 spiro atoms. The van der Waals surface area contributed by atoms with Crippen molar-refractivity contribution in [3.63, 3.8) is 0 Å². The molecule has 6 heteroatoms. The molecule has 18 heavy (non-hydrogen) atoms. The van der Waals surface area contributed by atoms with E-state index < -0.39 is 0 Å². The number of thioether (sulfide) groups is 1. The molecule has 0 saturated carbocycles. The van der Waals surface area contributed by atoms with Crippen molar-refractivity contribution >= 4 is 18.0 Å². The largest absolute Gasteiger partial charge is 0.497 e. The molecule has 0 fully saturated rings. The molecular formula is C12H14N4OS. The molecule has 2 aromatic rings. The Morgan fingerprint density at radius 3 is 2.83 bits per heavy atom. The van der Waals surface area contributed by atoms with Crippen molar-refractivity contribution in [2.24, 2.45) is 5.10 Å². The van der Waals surface area contributed by atoms with Crippen LogP contribution in [0.1, 0.15) is 12.5 Å². The van der Waals surface area contributed by atoms with Crippen molar-refractivity contribution in [2.45, 2.75) is 12.1 Å². The highest BCUT2D eigenvalue weighted by molar-refractivity contribution is 7.99. The van der Waals surface area contributed by atoms with Gasteiger partial charge < -0.3 is 4.74 Å². The van der Waals surface area contributed by atoms with Gasteiger partial charge in [-0.1, -0.05) is 18.7 Å². The number of hydrogen-bond donors (Lipinski definition) is 0. The summed E-state index contributed by atoms with van der Waals surface area (Å²) in [4.78, 5) is 0. The monoisotopic (exact) mass is 262 g/mol. The van der Waals surface area contributed by atoms with E-state index in [9.17, 15) is 0 Å². The lowest BCUT2D eigenvalue weighted by atomic mass is 10.2. The summed E-state index contributed by atoms with van der Waals surface area (Å²) in [6.07, 6.45) is 3.36. The predicted molar refractivity (Wildman–Crippen MR) is 72.4 cm³/mol. The Morgan fingerprint density at radius 1 is 1.39 bits per heavy atom. The standard InChI is InChI=1S/C12H14N4OS/c1-3-18-12-15-13-9-16(12)14-8-10-4-6-11(17-2)7-5-10/h4-9H,3H2,1-2H3/b14-8+. The first-order valence-electron chi connectivity index (χ1n) is 5.54. The van der Waals surface area contributed by atoms with Crippen LogP contribution in [0.2, 0.25) is 0 Å². The fourth-order valence-corrected chi connectivity index (χ4v) is 1.93. The van der Waals surface area contributed by atoms with Crippen molar-refractivity contribution in [2.75, 3.05) is 12.9 Å². The SMILES string of the molecule is CCSc1nncn1/N=C/c1ccc(OC)cc1. The normalized spacial score (nSPS) is 11.0. The summed E-state index contributed by atoms with van der Waals surface area (Å²) in [5.74, 6) is 1.77. The third-order valence-corrected chi connectivity index (χ3v) is 3.04. The molecule has 0 aliphatic rings. The van der Waals surface area contributed by atoms with Gasteiger partial charge in [0.25, 0.3) is 0 Å². The minimum atomic E-state index is 0.794. The molecule has 0 atom stereocenters. The summed E-state index contributed by atoms with van der Waals surface area (Å²) in [7, 11) is 1.65. The number of hydrogen-bond acceptors (Lipinski definition) is 5. The van der Waals surface area contributed by atoms with Crippen LogP contribution in [0.25, 0.3) is 0 Å². The molecule has 0 N–H and O–H groups in total. The van der Waals surface area contributed by atoms with E-state index in [1.54, 1.807) is 36.1 Å². The van der Waals surface area contributed by atoms with E-state index in [1.807, 2.05) is 24.3 Å². The zero-order valence-corrected chi connectivity index (χ0v) is 11.1. The van der Waals surface area contributed by atoms with E-state index in [4.69, 9.17) is 4.74 Å². The summed E-state index contributed by atoms with van der Waals surface area (Å²) in [5, 5.41) is 12.9. The van der Waals surface area contributed by atoms with Gasteiger partial charge in [0.15, 0.2) is 0 Å². The first-order chi connectivity index (χ1) is 8.83. The smallest absolute Gasteiger partial charge is 0.211 e. The van der Waals surface area contributed by atoms with Gasteiger partial charge in [-0.15, -0.1) is 10.2 Å². The summed E-state index contributed by atoms with van der Waals surface area (Å²) in [6.45, 7) is 2.07. The maximum atomic E-state index is 5.10. The lowest BCUT2D eigenvalue weighted by Crippen LogP contribution is -1.92. The molecule has 0 radical (unpaired) electrons. The highest BCUT2D eigenvalue weighted by atomic mass is 32.2. The summed E-state index contributed by atoms with van der Waals surface area (Å²) >= 11 is 1.61. The molecule has 94 valence electrons. The van der Waals surface area contributed by atoms with Crippen LogP contribution in [0.4, 0.5) is 0 Å². The molecule has 1 aromatic heterocycles. The van der Waals surface area contributed by atoms with Gasteiger partial charge in [-0.25, -0.2) is 0 Å². The highest BCUT2D eigenvalue weighted by Crippen LogP contribution is 2.14. The summed E-state index contributed by atoms with van der Waals surface area (Å²) in [6, 6.07) is 7.68. The molecule has 5 nitrogen and oxygen atoms in total. The molecule has 1 aromatic carbocycles. The number of aromatic nitrogens is 3. The third kappa shape index (κ3) is 3.10. The van der Waals surface area contributed by atoms with Crippen molar-refractivity contribution in [1.82, 2.24) is 14.9 Å². The highest BCUT2D eigenvalue weighted by Gasteiger charge is 2.01. The Hall–Kier alpha value is -1.82. The molecule has 1 heterocycles. The van der Waals surface area contributed by atoms with Gasteiger partial charge in [-0.05, 0) is 35.6 Å². The van der Waals surface area contributed by atoms with Crippen molar-refractivity contribution in [1.29, 1.82) is 0 Å². The number of nitrogens with zero attached hydrogens (tertiary/aromatic N) is 4. The van der Waals surface area contributed by atoms with Gasteiger partial charge in [0.05, 0.1) is 13.3 Å². The van der Waals surface area contributed by atoms with E-state index in [2.05, 4.69) is 22.2 Å². The minimum absolute atomic E-state index is 0.794. The first-order valence-corrected chi connectivity index (χ1v) is 6.53. The number of methoxy groups -OCH3 is 1. The van der Waals surface area contributed by atoms with E-state index in [0.717, 1.165) is 22.2 Å². The third-order valence-electron chi connectivity index (χ3n) is 2.22. The Bertz CT molecular complexity index is 521. The van der Waals surface area contributed by atoms with Crippen LogP contribution in [0.3, 0.4) is 0 Å². The lowest BCUT2D eigenvalue weighted by Gasteiger charge is -1.99. The molecule has 0 amide bonds. The average molecular weight is 262 g/mol. The van der Waals surface area contributed by atoms with Crippen molar-refractivity contribution < 1.29 is 4.74 Å². The Morgan fingerprint density at radius 2 is 2.17 bits per heavy atom. The molecule has 0 bridgehead atoms. The van der Waals surface area contributed by atoms with Crippen LogP contribution in [0.15, 0.2) is 40.9 Å². The van der Waals surface area contributed by atoms with Gasteiger partial charge >= 0.3 is 0 Å². The van der Waals surface area contributed by atoms with Crippen molar-refractivity contribution in [3.05, 3.63) is 36.2 Å². The zero-order valence-electron chi connectivity index (χ0n) is 10.3. The molecule has 0 aliphatic carbocycles. The number of benzene rings is 1. The number of rotatable bonds is 5. The zero-order chi connectivity index (χ0) is 12.8. The molecule has 0 unspecified atom stereocenters. The van der Waals surface area contributed by atoms with E-state index in [0.29, 0.717) is 0 Å². The van der Waals surface area contributed by atoms with Gasteiger partial charge in [0.1, 0.15) is 12.1 Å². The van der Waals surface area contributed by atoms with E-state index in [-0.39, 0.29) is 0 Å². The quantitative estimate of drug-likeness (QED) is 0.613. The molecule has 0 saturated heterocycles. The van der Waals surface area contributed by atoms with Gasteiger partial charge in [-0.2, -0.15) is 9.78 Å². The second-order valence-electron chi connectivity index (χ2n) is 3.41. The van der Waals surface area contributed by atoms with E-state index in [1.165, 1.54) is 0 Å². The maximum Gasteiger partial charge on any atom is 0.211 e. The van der Waals surface area contributed by atoms with Crippen LogP contribution >= 0.6 is 11.8 Å². The fraction of sp³-hybridized carbons (Fsp3) is 0.250. The second-order valence-corrected chi connectivity index (χ2v) is 4.64. The predicted octanol–water partition coefficient (Wildman–Crippen LogP) is 2.28. The van der Waals surface area contributed by atoms with Gasteiger partial charge in [0.2, 0.25) is 5.16 Å². The first kappa shape index (κ1) is 12.6. The lowest BCUT2D eigenvalue weighted by molar-refractivity contribution is 0.415. The van der Waals surface area contributed by atoms with Crippen LogP contribution in [0, 0.1) is 0 Å². The minimum Gasteiger partial charge on any atom is -0.497 e. The van der Waals surface area contributed by atoms with Crippen LogP contribution in [-0.4, -0.2) is 34.0 Å². The molecular weight excluding hydrogens is 248 g/mol. The van der Waals surface area contributed by atoms with E-state index >= 15 is 0 Å². The van der Waals surface area contributed by atoms with Crippen LogP contribution < -0.4 is 4.74 Å². The Kier molecular flexibility index (Phi) is 4.35. The summed E-state index contributed by atoms with van der Waals surface area (Å²) < 4.78 is 6.76. The summed E-state index contributed by atoms with van der Waals surface area (Å²) in [5.41, 5.74) is 0.997. The van der Waals surface area contributed by atoms with Crippen molar-refractivity contribution in [3.8, 4) is 5.75 Å². The van der Waals surface area contributed by atoms with Crippen LogP contribution in [0.5, 0.6) is 5.75 Å². The molecule has 2 rings (SSSR count). The fourth-order valence-electron chi connectivity index (χ4n) is 1.34. The Balaban J connectivity index is 2.11.